The van der Waals surface area contributed by atoms with Crippen molar-refractivity contribution >= 4 is 44.6 Å². The first-order valence-electron chi connectivity index (χ1n) is 12.5. The fraction of sp³-hybridized carbons (Fsp3) is 0.111. The summed E-state index contributed by atoms with van der Waals surface area (Å²) in [5.41, 5.74) is 1.13. The van der Waals surface area contributed by atoms with Crippen LogP contribution in [0.25, 0.3) is 11.4 Å². The number of anilines is 2. The van der Waals surface area contributed by atoms with Gasteiger partial charge in [-0.2, -0.15) is 0 Å². The van der Waals surface area contributed by atoms with Gasteiger partial charge >= 0.3 is 252 Å². The molecule has 0 amide bonds. The van der Waals surface area contributed by atoms with Gasteiger partial charge in [-0.3, -0.25) is 0 Å². The molecule has 2 aromatic carbocycles. The zero-order valence-electron chi connectivity index (χ0n) is 22.1. The molecule has 0 aliphatic rings. The van der Waals surface area contributed by atoms with E-state index < -0.39 is 10.2 Å². The summed E-state index contributed by atoms with van der Waals surface area (Å²) in [5, 5.41) is 0. The number of aromatic nitrogens is 5. The van der Waals surface area contributed by atoms with E-state index in [9.17, 15) is 8.42 Å². The van der Waals surface area contributed by atoms with Gasteiger partial charge < -0.3 is 0 Å². The van der Waals surface area contributed by atoms with Gasteiger partial charge in [0.25, 0.3) is 0 Å². The van der Waals surface area contributed by atoms with E-state index in [2.05, 4.69) is 45.3 Å². The summed E-state index contributed by atoms with van der Waals surface area (Å²) < 4.78 is 49.6. The molecule has 0 radical (unpaired) electrons. The van der Waals surface area contributed by atoms with Crippen LogP contribution in [0.3, 0.4) is 0 Å². The van der Waals surface area contributed by atoms with Crippen LogP contribution in [0.2, 0.25) is 0 Å². The van der Waals surface area contributed by atoms with Gasteiger partial charge in [0, 0.05) is 0 Å². The van der Waals surface area contributed by atoms with Gasteiger partial charge in [0.15, 0.2) is 0 Å². The predicted molar refractivity (Wildman–Crippen MR) is 161 cm³/mol. The molecule has 2 N–H and O–H groups in total. The quantitative estimate of drug-likeness (QED) is 0.196. The van der Waals surface area contributed by atoms with Crippen LogP contribution in [0, 0.1) is 0 Å². The number of nitrogens with one attached hydrogen (secondary N) is 2. The van der Waals surface area contributed by atoms with Crippen molar-refractivity contribution in [2.45, 2.75) is 6.42 Å². The number of methoxy groups -OCH3 is 1. The maximum absolute atomic E-state index is 13.3. The Morgan fingerprint density at radius 1 is 0.905 bits per heavy atom. The van der Waals surface area contributed by atoms with Gasteiger partial charge in [0.2, 0.25) is 0 Å². The Kier molecular flexibility index (Phi) is 9.19. The molecule has 0 fully saturated rings. The van der Waals surface area contributed by atoms with E-state index in [1.165, 1.54) is 7.11 Å². The van der Waals surface area contributed by atoms with Crippen LogP contribution in [0.15, 0.2) is 89.7 Å². The number of benzene rings is 2. The molecule has 0 spiro atoms. The van der Waals surface area contributed by atoms with Gasteiger partial charge in [0.1, 0.15) is 0 Å². The van der Waals surface area contributed by atoms with E-state index in [4.69, 9.17) is 19.2 Å². The third kappa shape index (κ3) is 7.56. The molecule has 3 heterocycles. The average molecular weight is 648 g/mol. The van der Waals surface area contributed by atoms with E-state index >= 15 is 0 Å². The molecule has 5 rings (SSSR count). The number of ether oxygens (including phenoxy) is 3. The summed E-state index contributed by atoms with van der Waals surface area (Å²) in [4.78, 5) is 21.8. The van der Waals surface area contributed by atoms with Crippen molar-refractivity contribution in [3.05, 3.63) is 95.4 Å². The van der Waals surface area contributed by atoms with Gasteiger partial charge in [-0.15, -0.1) is 0 Å². The average Bonchev–Trinajstić information content (AvgIpc) is 3.00. The summed E-state index contributed by atoms with van der Waals surface area (Å²) in [5.74, 6) is 2.64. The van der Waals surface area contributed by atoms with Crippen molar-refractivity contribution < 1.29 is 22.6 Å². The van der Waals surface area contributed by atoms with Crippen molar-refractivity contribution in [3.63, 3.8) is 0 Å². The third-order valence-electron chi connectivity index (χ3n) is 5.53. The second-order valence-electron chi connectivity index (χ2n) is 8.50. The molecule has 42 heavy (non-hydrogen) atoms. The Morgan fingerprint density at radius 3 is 2.36 bits per heavy atom. The van der Waals surface area contributed by atoms with Crippen molar-refractivity contribution in [2.24, 2.45) is 0 Å². The summed E-state index contributed by atoms with van der Waals surface area (Å²) in [6, 6.07) is 17.3. The van der Waals surface area contributed by atoms with Crippen molar-refractivity contribution in [1.29, 1.82) is 0 Å². The minimum atomic E-state index is -4.18. The van der Waals surface area contributed by atoms with E-state index in [1.807, 2.05) is 0 Å². The molecule has 0 aliphatic heterocycles. The van der Waals surface area contributed by atoms with Crippen molar-refractivity contribution in [3.8, 4) is 34.7 Å². The first-order chi connectivity index (χ1) is 20.4. The Morgan fingerprint density at radius 2 is 1.64 bits per heavy atom. The van der Waals surface area contributed by atoms with Crippen LogP contribution in [-0.4, -0.2) is 54.0 Å². The normalized spacial score (nSPS) is 10.9. The predicted octanol–water partition coefficient (Wildman–Crippen LogP) is 4.62. The number of hydrogen-bond donors (Lipinski definition) is 2. The van der Waals surface area contributed by atoms with Crippen LogP contribution in [0.4, 0.5) is 11.5 Å². The van der Waals surface area contributed by atoms with E-state index in [1.54, 1.807) is 92.1 Å². The van der Waals surface area contributed by atoms with E-state index in [0.29, 0.717) is 32.9 Å². The van der Waals surface area contributed by atoms with Crippen molar-refractivity contribution in [1.82, 2.24) is 24.9 Å². The van der Waals surface area contributed by atoms with Gasteiger partial charge in [-0.25, -0.2) is 0 Å². The fourth-order valence-electron chi connectivity index (χ4n) is 3.69. The Balaban J connectivity index is 1.57. The van der Waals surface area contributed by atoms with Gasteiger partial charge in [-0.1, -0.05) is 0 Å². The molecule has 3 aromatic heterocycles. The summed E-state index contributed by atoms with van der Waals surface area (Å²) in [6.07, 6.45) is 4.89. The van der Waals surface area contributed by atoms with Gasteiger partial charge in [0.05, 0.1) is 0 Å². The molecule has 15 heteroatoms. The summed E-state index contributed by atoms with van der Waals surface area (Å²) >= 11 is 3.29. The Hall–Kier alpha value is -4.63. The first-order valence-corrected chi connectivity index (χ1v) is 14.8. The molecular formula is C27H23BBrN7O5S. The minimum absolute atomic E-state index is 0.0537. The van der Waals surface area contributed by atoms with Crippen LogP contribution in [0.5, 0.6) is 23.3 Å². The van der Waals surface area contributed by atoms with Gasteiger partial charge in [-0.05, 0) is 0 Å². The maximum atomic E-state index is 13.3. The molecular weight excluding hydrogens is 625 g/mol. The number of rotatable bonds is 12. The van der Waals surface area contributed by atoms with Crippen LogP contribution < -0.4 is 23.7 Å². The molecule has 212 valence electrons. The summed E-state index contributed by atoms with van der Waals surface area (Å²) in [7, 11) is -2.68. The number of para-hydroxylation sites is 3. The Labute approximate surface area is 251 Å². The molecule has 0 saturated heterocycles. The number of nitrogens with zero attached hydrogens (tertiary/aromatic N) is 5. The molecule has 0 unspecified atom stereocenters. The third-order valence-corrected chi connectivity index (χ3v) is 6.91. The fourth-order valence-corrected chi connectivity index (χ4v) is 4.79. The molecule has 0 atom stereocenters. The molecule has 5 aromatic rings. The van der Waals surface area contributed by atoms with Crippen LogP contribution in [-0.2, 0) is 16.6 Å². The first kappa shape index (κ1) is 28.9. The van der Waals surface area contributed by atoms with Crippen LogP contribution >= 0.6 is 15.9 Å². The zero-order chi connectivity index (χ0) is 29.4. The van der Waals surface area contributed by atoms with E-state index in [0.717, 1.165) is 0 Å². The number of hydrogen-bond acceptors (Lipinski definition) is 10. The molecule has 0 saturated carbocycles. The zero-order valence-corrected chi connectivity index (χ0v) is 24.5. The van der Waals surface area contributed by atoms with E-state index in [-0.39, 0.29) is 36.4 Å². The topological polar surface area (TPSA) is 150 Å². The van der Waals surface area contributed by atoms with Crippen molar-refractivity contribution in [2.75, 3.05) is 23.2 Å². The van der Waals surface area contributed by atoms with Crippen LogP contribution in [0.1, 0.15) is 5.69 Å². The standard InChI is InChI=1S/C27H23BBrN7O5S/c1-39-21-10-5-6-11-22(21)41-23-20(12-15-40-27-31-16-18(29)17-32-27)33-26(24-28-13-7-14-30-24)34-25(23)36-42(37,38)35-19-8-3-2-4-9-19/h2-11,13-14,16-17,35H,12,15H2,1H3,(H,33,34,36). The monoisotopic (exact) mass is 647 g/mol. The molecule has 12 nitrogen and oxygen atoms in total. The molecule has 0 bridgehead atoms. The SMILES string of the molecule is COc1ccccc1Oc1c(CCOc2ncc(Br)cn2)nc(-c2bcccn2)nc1NS(=O)(=O)Nc1ccccc1. The Bertz CT molecular complexity index is 1750. The summed E-state index contributed by atoms with van der Waals surface area (Å²) in [6.45, 7) is 1.81. The molecule has 0 aliphatic carbocycles. The number of halogens is 1. The second-order valence-corrected chi connectivity index (χ2v) is 10.8. The second kappa shape index (κ2) is 13.4.